The van der Waals surface area contributed by atoms with Crippen LogP contribution in [-0.2, 0) is 0 Å². The van der Waals surface area contributed by atoms with Crippen molar-refractivity contribution < 1.29 is 4.79 Å². The maximum absolute atomic E-state index is 12.1. The van der Waals surface area contributed by atoms with E-state index in [9.17, 15) is 4.79 Å². The number of hydrogen-bond donors (Lipinski definition) is 1. The fourth-order valence-corrected chi connectivity index (χ4v) is 3.77. The molecule has 1 aromatic carbocycles. The Labute approximate surface area is 136 Å². The molecule has 1 N–H and O–H groups in total. The topological polar surface area (TPSA) is 54.9 Å². The molecule has 0 radical (unpaired) electrons. The summed E-state index contributed by atoms with van der Waals surface area (Å²) in [4.78, 5) is 12.1. The molecule has 0 saturated heterocycles. The molecule has 1 aliphatic carbocycles. The van der Waals surface area contributed by atoms with Gasteiger partial charge in [-0.3, -0.25) is 10.1 Å². The van der Waals surface area contributed by atoms with E-state index >= 15 is 0 Å². The van der Waals surface area contributed by atoms with E-state index in [1.165, 1.54) is 49.0 Å². The highest BCUT2D eigenvalue weighted by atomic mass is 79.9. The standard InChI is InChI=1S/C15H16BrN3OS/c16-14-18-19-15(21-14)17-13(20)12-8-6-11(7-9-12)10-4-2-1-3-5-10/h6-10H,1-5H2,(H,17,19,20). The van der Waals surface area contributed by atoms with Crippen molar-refractivity contribution in [1.82, 2.24) is 10.2 Å². The molecule has 1 aromatic heterocycles. The minimum absolute atomic E-state index is 0.145. The van der Waals surface area contributed by atoms with Crippen molar-refractivity contribution in [1.29, 1.82) is 0 Å². The van der Waals surface area contributed by atoms with Crippen molar-refractivity contribution in [3.8, 4) is 0 Å². The van der Waals surface area contributed by atoms with Crippen molar-refractivity contribution in [2.75, 3.05) is 5.32 Å². The summed E-state index contributed by atoms with van der Waals surface area (Å²) in [6, 6.07) is 7.96. The molecule has 1 aliphatic rings. The van der Waals surface area contributed by atoms with Crippen LogP contribution in [0.15, 0.2) is 28.2 Å². The van der Waals surface area contributed by atoms with Gasteiger partial charge in [-0.1, -0.05) is 42.7 Å². The molecule has 1 fully saturated rings. The molecule has 21 heavy (non-hydrogen) atoms. The Morgan fingerprint density at radius 2 is 1.86 bits per heavy atom. The minimum atomic E-state index is -0.145. The second-order valence-corrected chi connectivity index (χ2v) is 7.52. The molecule has 2 aromatic rings. The third-order valence-electron chi connectivity index (χ3n) is 3.87. The van der Waals surface area contributed by atoms with Gasteiger partial charge in [0, 0.05) is 5.56 Å². The average Bonchev–Trinajstić information content (AvgIpc) is 2.93. The van der Waals surface area contributed by atoms with E-state index in [2.05, 4.69) is 43.6 Å². The van der Waals surface area contributed by atoms with Crippen LogP contribution in [0.3, 0.4) is 0 Å². The monoisotopic (exact) mass is 365 g/mol. The molecule has 1 saturated carbocycles. The lowest BCUT2D eigenvalue weighted by Crippen LogP contribution is -2.12. The summed E-state index contributed by atoms with van der Waals surface area (Å²) in [5.74, 6) is 0.517. The van der Waals surface area contributed by atoms with E-state index < -0.39 is 0 Å². The summed E-state index contributed by atoms with van der Waals surface area (Å²) in [7, 11) is 0. The van der Waals surface area contributed by atoms with Gasteiger partial charge in [-0.15, -0.1) is 10.2 Å². The van der Waals surface area contributed by atoms with Crippen molar-refractivity contribution in [3.63, 3.8) is 0 Å². The second kappa shape index (κ2) is 6.66. The molecule has 6 heteroatoms. The zero-order valence-electron chi connectivity index (χ0n) is 11.5. The molecule has 0 atom stereocenters. The Kier molecular flexibility index (Phi) is 4.65. The fourth-order valence-electron chi connectivity index (χ4n) is 2.77. The Morgan fingerprint density at radius 1 is 1.14 bits per heavy atom. The molecule has 1 amide bonds. The van der Waals surface area contributed by atoms with E-state index in [1.54, 1.807) is 0 Å². The molecule has 0 unspecified atom stereocenters. The van der Waals surface area contributed by atoms with Crippen LogP contribution >= 0.6 is 27.3 Å². The number of amides is 1. The third kappa shape index (κ3) is 3.68. The van der Waals surface area contributed by atoms with E-state index in [4.69, 9.17) is 0 Å². The lowest BCUT2D eigenvalue weighted by atomic mass is 9.84. The Hall–Kier alpha value is -1.27. The number of nitrogens with zero attached hydrogens (tertiary/aromatic N) is 2. The number of anilines is 1. The maximum Gasteiger partial charge on any atom is 0.257 e. The fraction of sp³-hybridized carbons (Fsp3) is 0.400. The Morgan fingerprint density at radius 3 is 2.48 bits per heavy atom. The SMILES string of the molecule is O=C(Nc1nnc(Br)s1)c1ccc(C2CCCCC2)cc1. The van der Waals surface area contributed by atoms with Gasteiger partial charge in [-0.25, -0.2) is 0 Å². The smallest absolute Gasteiger partial charge is 0.257 e. The van der Waals surface area contributed by atoms with Crippen molar-refractivity contribution >= 4 is 38.3 Å². The highest BCUT2D eigenvalue weighted by Crippen LogP contribution is 2.32. The number of aromatic nitrogens is 2. The van der Waals surface area contributed by atoms with Crippen LogP contribution < -0.4 is 5.32 Å². The number of benzene rings is 1. The second-order valence-electron chi connectivity index (χ2n) is 5.27. The normalized spacial score (nSPS) is 15.9. The lowest BCUT2D eigenvalue weighted by molar-refractivity contribution is 0.102. The number of hydrogen-bond acceptors (Lipinski definition) is 4. The number of rotatable bonds is 3. The molecule has 0 bridgehead atoms. The molecule has 0 spiro atoms. The summed E-state index contributed by atoms with van der Waals surface area (Å²) in [5.41, 5.74) is 2.01. The van der Waals surface area contributed by atoms with Gasteiger partial charge in [-0.05, 0) is 52.4 Å². The van der Waals surface area contributed by atoms with Crippen LogP contribution in [-0.4, -0.2) is 16.1 Å². The number of carbonyl (C=O) groups is 1. The van der Waals surface area contributed by atoms with E-state index in [0.29, 0.717) is 20.5 Å². The van der Waals surface area contributed by atoms with Crippen molar-refractivity contribution in [2.24, 2.45) is 0 Å². The first-order valence-electron chi connectivity index (χ1n) is 7.13. The number of nitrogens with one attached hydrogen (secondary N) is 1. The van der Waals surface area contributed by atoms with Crippen LogP contribution in [0.4, 0.5) is 5.13 Å². The minimum Gasteiger partial charge on any atom is -0.296 e. The molecular weight excluding hydrogens is 350 g/mol. The van der Waals surface area contributed by atoms with Gasteiger partial charge < -0.3 is 0 Å². The zero-order chi connectivity index (χ0) is 14.7. The van der Waals surface area contributed by atoms with Crippen molar-refractivity contribution in [3.05, 3.63) is 39.3 Å². The predicted molar refractivity (Wildman–Crippen MR) is 87.8 cm³/mol. The molecule has 4 nitrogen and oxygen atoms in total. The van der Waals surface area contributed by atoms with Crippen LogP contribution in [0.2, 0.25) is 0 Å². The van der Waals surface area contributed by atoms with Crippen LogP contribution in [0.1, 0.15) is 53.9 Å². The predicted octanol–water partition coefficient (Wildman–Crippen LogP) is 4.60. The maximum atomic E-state index is 12.1. The zero-order valence-corrected chi connectivity index (χ0v) is 13.9. The number of halogens is 1. The van der Waals surface area contributed by atoms with E-state index in [0.717, 1.165) is 0 Å². The van der Waals surface area contributed by atoms with Crippen LogP contribution in [0, 0.1) is 0 Å². The van der Waals surface area contributed by atoms with Gasteiger partial charge in [-0.2, -0.15) is 0 Å². The van der Waals surface area contributed by atoms with Crippen LogP contribution in [0.25, 0.3) is 0 Å². The van der Waals surface area contributed by atoms with Gasteiger partial charge in [0.05, 0.1) is 0 Å². The van der Waals surface area contributed by atoms with Gasteiger partial charge in [0.25, 0.3) is 5.91 Å². The highest BCUT2D eigenvalue weighted by Gasteiger charge is 2.16. The molecule has 0 aliphatic heterocycles. The van der Waals surface area contributed by atoms with Crippen molar-refractivity contribution in [2.45, 2.75) is 38.0 Å². The quantitative estimate of drug-likeness (QED) is 0.864. The number of carbonyl (C=O) groups excluding carboxylic acids is 1. The summed E-state index contributed by atoms with van der Waals surface area (Å²) in [6.45, 7) is 0. The third-order valence-corrected chi connectivity index (χ3v) is 5.14. The van der Waals surface area contributed by atoms with Gasteiger partial charge in [0.2, 0.25) is 5.13 Å². The first-order chi connectivity index (χ1) is 10.2. The van der Waals surface area contributed by atoms with E-state index in [1.807, 2.05) is 12.1 Å². The molecule has 3 rings (SSSR count). The highest BCUT2D eigenvalue weighted by molar-refractivity contribution is 9.11. The van der Waals surface area contributed by atoms with Gasteiger partial charge in [0.1, 0.15) is 0 Å². The molecule has 110 valence electrons. The summed E-state index contributed by atoms with van der Waals surface area (Å²) in [5, 5.41) is 10.9. The van der Waals surface area contributed by atoms with Gasteiger partial charge in [0.15, 0.2) is 3.92 Å². The Balaban J connectivity index is 1.67. The average molecular weight is 366 g/mol. The molecular formula is C15H16BrN3OS. The summed E-state index contributed by atoms with van der Waals surface area (Å²) < 4.78 is 0.658. The van der Waals surface area contributed by atoms with Crippen LogP contribution in [0.5, 0.6) is 0 Å². The first kappa shape index (κ1) is 14.7. The summed E-state index contributed by atoms with van der Waals surface area (Å²) >= 11 is 4.52. The Bertz CT molecular complexity index is 620. The van der Waals surface area contributed by atoms with Gasteiger partial charge >= 0.3 is 0 Å². The summed E-state index contributed by atoms with van der Waals surface area (Å²) in [6.07, 6.45) is 6.53. The lowest BCUT2D eigenvalue weighted by Gasteiger charge is -2.22. The molecule has 1 heterocycles. The largest absolute Gasteiger partial charge is 0.296 e. The van der Waals surface area contributed by atoms with E-state index in [-0.39, 0.29) is 5.91 Å². The first-order valence-corrected chi connectivity index (χ1v) is 8.73.